The maximum absolute atomic E-state index is 14.1. The normalized spacial score (nSPS) is 15.2. The van der Waals surface area contributed by atoms with Crippen LogP contribution in [0, 0.1) is 17.6 Å². The van der Waals surface area contributed by atoms with Gasteiger partial charge in [0.25, 0.3) is 0 Å². The second kappa shape index (κ2) is 9.11. The van der Waals surface area contributed by atoms with Crippen molar-refractivity contribution in [1.82, 2.24) is 20.2 Å². The Morgan fingerprint density at radius 1 is 1.23 bits per heavy atom. The van der Waals surface area contributed by atoms with Gasteiger partial charge in [0.15, 0.2) is 5.13 Å². The van der Waals surface area contributed by atoms with Gasteiger partial charge in [0.2, 0.25) is 0 Å². The summed E-state index contributed by atoms with van der Waals surface area (Å²) >= 11 is 1.24. The summed E-state index contributed by atoms with van der Waals surface area (Å²) in [7, 11) is 3.76. The highest BCUT2D eigenvalue weighted by Crippen LogP contribution is 2.30. The molecule has 31 heavy (non-hydrogen) atoms. The molecule has 2 amide bonds. The van der Waals surface area contributed by atoms with Crippen LogP contribution in [0.3, 0.4) is 0 Å². The van der Waals surface area contributed by atoms with Gasteiger partial charge in [-0.3, -0.25) is 5.32 Å². The Balaban J connectivity index is 1.40. The Morgan fingerprint density at radius 3 is 2.74 bits per heavy atom. The van der Waals surface area contributed by atoms with Gasteiger partial charge in [-0.25, -0.2) is 23.5 Å². The molecule has 0 aliphatic carbocycles. The lowest BCUT2D eigenvalue weighted by molar-refractivity contribution is 0.213. The summed E-state index contributed by atoms with van der Waals surface area (Å²) < 4.78 is 27.3. The van der Waals surface area contributed by atoms with Crippen LogP contribution in [-0.2, 0) is 0 Å². The van der Waals surface area contributed by atoms with E-state index in [-0.39, 0.29) is 11.7 Å². The number of nitrogens with zero attached hydrogens (tertiary/aromatic N) is 4. The van der Waals surface area contributed by atoms with Crippen LogP contribution in [0.15, 0.2) is 30.3 Å². The quantitative estimate of drug-likeness (QED) is 0.615. The lowest BCUT2D eigenvalue weighted by Crippen LogP contribution is -2.38. The number of hydrogen-bond acceptors (Lipinski definition) is 6. The smallest absolute Gasteiger partial charge is 0.321 e. The Hall–Kier alpha value is -2.85. The first-order valence-corrected chi connectivity index (χ1v) is 10.9. The zero-order valence-electron chi connectivity index (χ0n) is 17.4. The molecular formula is C21H24F2N6OS. The zero-order valence-corrected chi connectivity index (χ0v) is 18.2. The highest BCUT2D eigenvalue weighted by molar-refractivity contribution is 7.22. The SMILES string of the molecule is CN1CCC(CNC(=O)Nc2nc3ccc(N(C)c4ccc(F)cc4F)nc3s2)CC1. The number of anilines is 3. The summed E-state index contributed by atoms with van der Waals surface area (Å²) in [6.07, 6.45) is 2.15. The van der Waals surface area contributed by atoms with Gasteiger partial charge in [-0.1, -0.05) is 11.3 Å². The Bertz CT molecular complexity index is 1080. The van der Waals surface area contributed by atoms with Crippen molar-refractivity contribution in [2.75, 3.05) is 43.9 Å². The molecule has 1 aliphatic rings. The van der Waals surface area contributed by atoms with Gasteiger partial charge in [-0.15, -0.1) is 0 Å². The van der Waals surface area contributed by atoms with Crippen LogP contribution in [0.1, 0.15) is 12.8 Å². The van der Waals surface area contributed by atoms with E-state index in [0.29, 0.717) is 33.8 Å². The minimum absolute atomic E-state index is 0.212. The summed E-state index contributed by atoms with van der Waals surface area (Å²) in [5.41, 5.74) is 0.844. The maximum Gasteiger partial charge on any atom is 0.321 e. The fourth-order valence-electron chi connectivity index (χ4n) is 3.57. The Labute approximate surface area is 183 Å². The number of carbonyl (C=O) groups excluding carboxylic acids is 1. The van der Waals surface area contributed by atoms with Crippen LogP contribution in [0.2, 0.25) is 0 Å². The van der Waals surface area contributed by atoms with E-state index in [1.165, 1.54) is 28.4 Å². The number of benzene rings is 1. The van der Waals surface area contributed by atoms with Crippen molar-refractivity contribution in [2.24, 2.45) is 5.92 Å². The summed E-state index contributed by atoms with van der Waals surface area (Å²) in [4.78, 5) is 25.6. The molecule has 2 N–H and O–H groups in total. The van der Waals surface area contributed by atoms with E-state index >= 15 is 0 Å². The van der Waals surface area contributed by atoms with Crippen molar-refractivity contribution in [1.29, 1.82) is 0 Å². The topological polar surface area (TPSA) is 73.4 Å². The molecule has 164 valence electrons. The number of thiazole rings is 1. The van der Waals surface area contributed by atoms with Crippen molar-refractivity contribution >= 4 is 44.4 Å². The third kappa shape index (κ3) is 5.08. The number of nitrogens with one attached hydrogen (secondary N) is 2. The predicted molar refractivity (Wildman–Crippen MR) is 119 cm³/mol. The minimum atomic E-state index is -0.669. The van der Waals surface area contributed by atoms with Crippen LogP contribution in [0.5, 0.6) is 0 Å². The van der Waals surface area contributed by atoms with Gasteiger partial charge >= 0.3 is 6.03 Å². The van der Waals surface area contributed by atoms with Gasteiger partial charge < -0.3 is 15.1 Å². The van der Waals surface area contributed by atoms with Crippen LogP contribution >= 0.6 is 11.3 Å². The Morgan fingerprint density at radius 2 is 2.00 bits per heavy atom. The fraction of sp³-hybridized carbons (Fsp3) is 0.381. The first-order chi connectivity index (χ1) is 14.9. The number of halogens is 2. The number of rotatable bonds is 5. The van der Waals surface area contributed by atoms with Gasteiger partial charge in [0, 0.05) is 19.7 Å². The standard InChI is InChI=1S/C21H24F2N6OS/c1-28-9-7-13(8-10-28)12-24-20(30)27-21-25-16-4-6-18(26-19(16)31-21)29(2)17-5-3-14(22)11-15(17)23/h3-6,11,13H,7-10,12H2,1-2H3,(H2,24,25,27,30). The number of amides is 2. The van der Waals surface area contributed by atoms with Gasteiger partial charge in [0.05, 0.1) is 5.69 Å². The van der Waals surface area contributed by atoms with Crippen LogP contribution in [0.4, 0.5) is 30.2 Å². The van der Waals surface area contributed by atoms with E-state index in [0.717, 1.165) is 32.0 Å². The molecule has 2 aromatic heterocycles. The first-order valence-electron chi connectivity index (χ1n) is 10.1. The number of aromatic nitrogens is 2. The summed E-state index contributed by atoms with van der Waals surface area (Å²) in [6.45, 7) is 2.74. The lowest BCUT2D eigenvalue weighted by atomic mass is 9.97. The number of urea groups is 1. The van der Waals surface area contributed by atoms with E-state index in [1.54, 1.807) is 19.2 Å². The molecule has 1 fully saturated rings. The number of hydrogen-bond donors (Lipinski definition) is 2. The molecule has 1 aromatic carbocycles. The second-order valence-electron chi connectivity index (χ2n) is 7.75. The molecule has 1 saturated heterocycles. The summed E-state index contributed by atoms with van der Waals surface area (Å²) in [5, 5.41) is 6.13. The van der Waals surface area contributed by atoms with Crippen LogP contribution < -0.4 is 15.5 Å². The second-order valence-corrected chi connectivity index (χ2v) is 8.73. The monoisotopic (exact) mass is 446 g/mol. The van der Waals surface area contributed by atoms with Crippen molar-refractivity contribution in [2.45, 2.75) is 12.8 Å². The molecule has 4 rings (SSSR count). The third-order valence-corrected chi connectivity index (χ3v) is 6.35. The molecule has 0 atom stereocenters. The average Bonchev–Trinajstić information content (AvgIpc) is 3.14. The third-order valence-electron chi connectivity index (χ3n) is 5.47. The molecule has 0 unspecified atom stereocenters. The average molecular weight is 447 g/mol. The molecule has 7 nitrogen and oxygen atoms in total. The number of carbonyl (C=O) groups is 1. The molecule has 0 radical (unpaired) electrons. The predicted octanol–water partition coefficient (Wildman–Crippen LogP) is 4.20. The van der Waals surface area contributed by atoms with Gasteiger partial charge in [-0.05, 0) is 63.2 Å². The highest BCUT2D eigenvalue weighted by Gasteiger charge is 2.18. The van der Waals surface area contributed by atoms with E-state index in [1.807, 2.05) is 0 Å². The molecule has 0 spiro atoms. The van der Waals surface area contributed by atoms with Crippen molar-refractivity contribution in [3.8, 4) is 0 Å². The van der Waals surface area contributed by atoms with Crippen molar-refractivity contribution in [3.05, 3.63) is 42.0 Å². The summed E-state index contributed by atoms with van der Waals surface area (Å²) in [6, 6.07) is 6.58. The number of piperidine rings is 1. The largest absolute Gasteiger partial charge is 0.338 e. The van der Waals surface area contributed by atoms with Crippen molar-refractivity contribution < 1.29 is 13.6 Å². The fourth-order valence-corrected chi connectivity index (χ4v) is 4.40. The molecule has 0 saturated carbocycles. The summed E-state index contributed by atoms with van der Waals surface area (Å²) in [5.74, 6) is -0.327. The van der Waals surface area contributed by atoms with E-state index in [4.69, 9.17) is 0 Å². The molecule has 1 aliphatic heterocycles. The number of fused-ring (bicyclic) bond motifs is 1. The highest BCUT2D eigenvalue weighted by atomic mass is 32.1. The van der Waals surface area contributed by atoms with Crippen LogP contribution in [0.25, 0.3) is 10.3 Å². The van der Waals surface area contributed by atoms with E-state index in [9.17, 15) is 13.6 Å². The van der Waals surface area contributed by atoms with E-state index < -0.39 is 11.6 Å². The van der Waals surface area contributed by atoms with E-state index in [2.05, 4.69) is 32.5 Å². The Kier molecular flexibility index (Phi) is 6.28. The van der Waals surface area contributed by atoms with Crippen molar-refractivity contribution in [3.63, 3.8) is 0 Å². The van der Waals surface area contributed by atoms with Gasteiger partial charge in [0.1, 0.15) is 27.8 Å². The minimum Gasteiger partial charge on any atom is -0.338 e. The lowest BCUT2D eigenvalue weighted by Gasteiger charge is -2.28. The first kappa shape index (κ1) is 21.4. The maximum atomic E-state index is 14.1. The molecule has 3 heterocycles. The number of likely N-dealkylation sites (tertiary alicyclic amines) is 1. The number of pyridine rings is 1. The van der Waals surface area contributed by atoms with Crippen LogP contribution in [-0.4, -0.2) is 54.6 Å². The zero-order chi connectivity index (χ0) is 22.0. The molecule has 3 aromatic rings. The molecule has 10 heteroatoms. The molecular weight excluding hydrogens is 422 g/mol. The molecule has 0 bridgehead atoms. The van der Waals surface area contributed by atoms with Gasteiger partial charge in [-0.2, -0.15) is 0 Å².